The van der Waals surface area contributed by atoms with Gasteiger partial charge in [0.1, 0.15) is 12.6 Å². The molecule has 1 heterocycles. The van der Waals surface area contributed by atoms with Crippen molar-refractivity contribution in [1.29, 1.82) is 0 Å². The van der Waals surface area contributed by atoms with Crippen LogP contribution in [0.25, 0.3) is 11.4 Å². The summed E-state index contributed by atoms with van der Waals surface area (Å²) < 4.78 is 10.6. The van der Waals surface area contributed by atoms with E-state index in [4.69, 9.17) is 9.47 Å². The van der Waals surface area contributed by atoms with Crippen molar-refractivity contribution in [2.24, 2.45) is 5.92 Å². The monoisotopic (exact) mass is 494 g/mol. The number of para-hydroxylation sites is 1. The molecule has 0 bridgehead atoms. The molecule has 0 radical (unpaired) electrons. The largest absolute Gasteiger partial charge is 0.493 e. The lowest BCUT2D eigenvalue weighted by molar-refractivity contribution is -0.126. The third-order valence-electron chi connectivity index (χ3n) is 5.80. The molecule has 0 saturated heterocycles. The lowest BCUT2D eigenvalue weighted by atomic mass is 10.1. The van der Waals surface area contributed by atoms with Crippen molar-refractivity contribution in [2.45, 2.75) is 46.7 Å². The predicted octanol–water partition coefficient (Wildman–Crippen LogP) is 3.25. The topological polar surface area (TPSA) is 111 Å². The van der Waals surface area contributed by atoms with Gasteiger partial charge >= 0.3 is 0 Å². The van der Waals surface area contributed by atoms with Gasteiger partial charge in [0.2, 0.25) is 11.7 Å². The van der Waals surface area contributed by atoms with E-state index in [0.29, 0.717) is 41.0 Å². The normalized spacial score (nSPS) is 11.8. The molecule has 3 aromatic rings. The third-order valence-corrected chi connectivity index (χ3v) is 5.80. The van der Waals surface area contributed by atoms with Crippen LogP contribution in [0.5, 0.6) is 11.5 Å². The predicted molar refractivity (Wildman–Crippen MR) is 137 cm³/mol. The van der Waals surface area contributed by atoms with Crippen LogP contribution in [-0.4, -0.2) is 58.8 Å². The number of carbonyl (C=O) groups is 2. The molecule has 0 spiro atoms. The minimum atomic E-state index is -0.723. The van der Waals surface area contributed by atoms with Gasteiger partial charge in [-0.2, -0.15) is 4.80 Å². The number of aryl methyl sites for hydroxylation is 1. The van der Waals surface area contributed by atoms with Crippen molar-refractivity contribution in [1.82, 2.24) is 25.5 Å². The van der Waals surface area contributed by atoms with Crippen molar-refractivity contribution < 1.29 is 19.1 Å². The summed E-state index contributed by atoms with van der Waals surface area (Å²) in [7, 11) is 3.11. The summed E-state index contributed by atoms with van der Waals surface area (Å²) in [6, 6.07) is 12.0. The highest BCUT2D eigenvalue weighted by molar-refractivity contribution is 6.01. The molecular formula is C26H34N6O4. The van der Waals surface area contributed by atoms with Crippen LogP contribution in [0.3, 0.4) is 0 Å². The Hall–Kier alpha value is -3.95. The molecule has 10 heteroatoms. The molecule has 0 aliphatic heterocycles. The summed E-state index contributed by atoms with van der Waals surface area (Å²) in [5, 5.41) is 15.5. The fourth-order valence-corrected chi connectivity index (χ4v) is 3.74. The van der Waals surface area contributed by atoms with E-state index >= 15 is 0 Å². The summed E-state index contributed by atoms with van der Waals surface area (Å²) in [5.74, 6) is 1.37. The number of carbonyl (C=O) groups excluding carboxylic acids is 2. The number of hydrogen-bond acceptors (Lipinski definition) is 7. The average Bonchev–Trinajstić information content (AvgIpc) is 3.32. The number of nitrogens with one attached hydrogen (secondary N) is 1. The number of hydrogen-bond donors (Lipinski definition) is 1. The molecule has 1 N–H and O–H groups in total. The van der Waals surface area contributed by atoms with E-state index in [1.807, 2.05) is 31.2 Å². The maximum Gasteiger partial charge on any atom is 0.251 e. The Bertz CT molecular complexity index is 1190. The number of aromatic nitrogens is 4. The van der Waals surface area contributed by atoms with E-state index in [0.717, 1.165) is 12.0 Å². The molecule has 1 atom stereocenters. The fraction of sp³-hybridized carbons (Fsp3) is 0.423. The molecule has 2 aromatic carbocycles. The van der Waals surface area contributed by atoms with Crippen LogP contribution >= 0.6 is 0 Å². The van der Waals surface area contributed by atoms with Crippen LogP contribution in [0, 0.1) is 12.8 Å². The van der Waals surface area contributed by atoms with Crippen LogP contribution in [-0.2, 0) is 16.1 Å². The summed E-state index contributed by atoms with van der Waals surface area (Å²) in [6.07, 6.45) is 0.860. The quantitative estimate of drug-likeness (QED) is 0.435. The molecule has 0 fully saturated rings. The van der Waals surface area contributed by atoms with E-state index in [1.54, 1.807) is 39.3 Å². The van der Waals surface area contributed by atoms with Crippen molar-refractivity contribution in [3.8, 4) is 22.9 Å². The van der Waals surface area contributed by atoms with E-state index in [-0.39, 0.29) is 18.4 Å². The summed E-state index contributed by atoms with van der Waals surface area (Å²) in [5.41, 5.74) is 2.21. The standard InChI is InChI=1S/C26H34N6O4/c1-17(2)13-14-27-26(34)19(4)32(21-10-8-7-9-18(21)3)24(33)16-31-29-25(28-30-31)20-11-12-22(35-5)23(15-20)36-6/h7-12,15,17,19H,13-14,16H2,1-6H3,(H,27,34)/t19-/m1/s1. The average molecular weight is 495 g/mol. The summed E-state index contributed by atoms with van der Waals surface area (Å²) in [6.45, 7) is 8.19. The van der Waals surface area contributed by atoms with Gasteiger partial charge in [-0.25, -0.2) is 0 Å². The molecule has 0 unspecified atom stereocenters. The van der Waals surface area contributed by atoms with E-state index in [1.165, 1.54) is 9.70 Å². The van der Waals surface area contributed by atoms with Gasteiger partial charge in [-0.15, -0.1) is 10.2 Å². The molecule has 10 nitrogen and oxygen atoms in total. The summed E-state index contributed by atoms with van der Waals surface area (Å²) >= 11 is 0. The Morgan fingerprint density at radius 3 is 2.44 bits per heavy atom. The number of anilines is 1. The number of ether oxygens (including phenoxy) is 2. The first-order chi connectivity index (χ1) is 17.2. The van der Waals surface area contributed by atoms with Crippen LogP contribution in [0.4, 0.5) is 5.69 Å². The smallest absolute Gasteiger partial charge is 0.251 e. The molecule has 0 saturated carbocycles. The maximum atomic E-state index is 13.5. The molecule has 3 rings (SSSR count). The molecule has 36 heavy (non-hydrogen) atoms. The van der Waals surface area contributed by atoms with Gasteiger partial charge in [0.05, 0.1) is 14.2 Å². The second-order valence-corrected chi connectivity index (χ2v) is 8.91. The van der Waals surface area contributed by atoms with Gasteiger partial charge in [-0.3, -0.25) is 14.5 Å². The molecule has 0 aliphatic rings. The first-order valence-corrected chi connectivity index (χ1v) is 11.9. The molecular weight excluding hydrogens is 460 g/mol. The zero-order valence-electron chi connectivity index (χ0n) is 21.7. The Kier molecular flexibility index (Phi) is 8.99. The zero-order valence-corrected chi connectivity index (χ0v) is 21.7. The van der Waals surface area contributed by atoms with Gasteiger partial charge in [-0.1, -0.05) is 32.0 Å². The molecule has 2 amide bonds. The number of nitrogens with zero attached hydrogens (tertiary/aromatic N) is 5. The van der Waals surface area contributed by atoms with Crippen LogP contribution in [0.2, 0.25) is 0 Å². The Morgan fingerprint density at radius 1 is 1.06 bits per heavy atom. The van der Waals surface area contributed by atoms with E-state index in [2.05, 4.69) is 34.6 Å². The minimum absolute atomic E-state index is 0.182. The van der Waals surface area contributed by atoms with Crippen LogP contribution < -0.4 is 19.7 Å². The van der Waals surface area contributed by atoms with Gasteiger partial charge in [-0.05, 0) is 61.2 Å². The third kappa shape index (κ3) is 6.38. The Balaban J connectivity index is 1.82. The number of amides is 2. The van der Waals surface area contributed by atoms with Crippen molar-refractivity contribution in [2.75, 3.05) is 25.7 Å². The van der Waals surface area contributed by atoms with Crippen molar-refractivity contribution >= 4 is 17.5 Å². The van der Waals surface area contributed by atoms with Crippen LogP contribution in [0.1, 0.15) is 32.8 Å². The fourth-order valence-electron chi connectivity index (χ4n) is 3.74. The highest BCUT2D eigenvalue weighted by Gasteiger charge is 2.29. The Morgan fingerprint density at radius 2 is 1.78 bits per heavy atom. The number of benzene rings is 2. The van der Waals surface area contributed by atoms with E-state index in [9.17, 15) is 9.59 Å². The number of methoxy groups -OCH3 is 2. The van der Waals surface area contributed by atoms with Crippen molar-refractivity contribution in [3.63, 3.8) is 0 Å². The van der Waals surface area contributed by atoms with Gasteiger partial charge in [0.15, 0.2) is 11.5 Å². The van der Waals surface area contributed by atoms with Gasteiger partial charge < -0.3 is 14.8 Å². The van der Waals surface area contributed by atoms with Gasteiger partial charge in [0, 0.05) is 17.8 Å². The lowest BCUT2D eigenvalue weighted by Crippen LogP contribution is -2.50. The molecule has 1 aromatic heterocycles. The maximum absolute atomic E-state index is 13.5. The zero-order chi connectivity index (χ0) is 26.2. The summed E-state index contributed by atoms with van der Waals surface area (Å²) in [4.78, 5) is 29.2. The number of tetrazole rings is 1. The first kappa shape index (κ1) is 26.7. The van der Waals surface area contributed by atoms with Crippen molar-refractivity contribution in [3.05, 3.63) is 48.0 Å². The van der Waals surface area contributed by atoms with Gasteiger partial charge in [0.25, 0.3) is 5.91 Å². The minimum Gasteiger partial charge on any atom is -0.493 e. The SMILES string of the molecule is COc1ccc(-c2nnn(CC(=O)N(c3ccccc3C)[C@H](C)C(=O)NCCC(C)C)n2)cc1OC. The first-order valence-electron chi connectivity index (χ1n) is 11.9. The number of rotatable bonds is 11. The Labute approximate surface area is 211 Å². The molecule has 0 aliphatic carbocycles. The van der Waals surface area contributed by atoms with Crippen LogP contribution in [0.15, 0.2) is 42.5 Å². The highest BCUT2D eigenvalue weighted by atomic mass is 16.5. The molecule has 192 valence electrons. The highest BCUT2D eigenvalue weighted by Crippen LogP contribution is 2.30. The second-order valence-electron chi connectivity index (χ2n) is 8.91. The van der Waals surface area contributed by atoms with E-state index < -0.39 is 6.04 Å². The lowest BCUT2D eigenvalue weighted by Gasteiger charge is -2.29. The second kappa shape index (κ2) is 12.1.